The summed E-state index contributed by atoms with van der Waals surface area (Å²) in [6.07, 6.45) is -0.272. The molecule has 0 atom stereocenters. The highest BCUT2D eigenvalue weighted by molar-refractivity contribution is 7.18. The Bertz CT molecular complexity index is 869. The van der Waals surface area contributed by atoms with Gasteiger partial charge in [-0.15, -0.1) is 0 Å². The van der Waals surface area contributed by atoms with Gasteiger partial charge in [-0.3, -0.25) is 14.9 Å². The van der Waals surface area contributed by atoms with E-state index >= 15 is 0 Å². The third kappa shape index (κ3) is 2.53. The number of alkyl halides is 3. The third-order valence-corrected chi connectivity index (χ3v) is 4.02. The molecule has 3 aromatic heterocycles. The van der Waals surface area contributed by atoms with Crippen molar-refractivity contribution in [2.24, 2.45) is 0 Å². The first-order valence-corrected chi connectivity index (χ1v) is 7.02. The lowest BCUT2D eigenvalue weighted by Crippen LogP contribution is -2.16. The number of H-pyrrole nitrogens is 1. The molecule has 0 bridgehead atoms. The molecule has 0 unspecified atom stereocenters. The molecule has 0 aliphatic rings. The molecule has 0 aromatic carbocycles. The van der Waals surface area contributed by atoms with Gasteiger partial charge in [0.25, 0.3) is 5.56 Å². The van der Waals surface area contributed by atoms with Crippen LogP contribution in [0.1, 0.15) is 5.69 Å². The Morgan fingerprint density at radius 3 is 2.73 bits per heavy atom. The van der Waals surface area contributed by atoms with Crippen molar-refractivity contribution in [3.63, 3.8) is 0 Å². The number of halogens is 4. The summed E-state index contributed by atoms with van der Waals surface area (Å²) >= 11 is 6.12. The van der Waals surface area contributed by atoms with Crippen LogP contribution in [-0.2, 0) is 6.18 Å². The van der Waals surface area contributed by atoms with Crippen LogP contribution in [0.15, 0.2) is 35.5 Å². The van der Waals surface area contributed by atoms with Crippen LogP contribution in [0.25, 0.3) is 16.3 Å². The van der Waals surface area contributed by atoms with E-state index in [4.69, 9.17) is 11.6 Å². The second kappa shape index (κ2) is 5.25. The molecule has 3 aromatic rings. The zero-order valence-corrected chi connectivity index (χ0v) is 12.1. The highest BCUT2D eigenvalue weighted by atomic mass is 35.5. The normalized spacial score (nSPS) is 11.8. The van der Waals surface area contributed by atoms with Gasteiger partial charge in [0, 0.05) is 24.2 Å². The number of hydrogen-bond acceptors (Lipinski definition) is 4. The highest BCUT2D eigenvalue weighted by Gasteiger charge is 2.37. The molecule has 3 rings (SSSR count). The Labute approximate surface area is 130 Å². The van der Waals surface area contributed by atoms with Crippen LogP contribution in [0.4, 0.5) is 13.2 Å². The SMILES string of the molecule is O=c1c(-c2cccnc2)c[nH]n1-c1nc(C(F)(F)F)c(Cl)s1. The fraction of sp³-hybridized carbons (Fsp3) is 0.0833. The van der Waals surface area contributed by atoms with E-state index in [1.54, 1.807) is 18.3 Å². The van der Waals surface area contributed by atoms with Crippen molar-refractivity contribution in [1.29, 1.82) is 0 Å². The van der Waals surface area contributed by atoms with Crippen LogP contribution in [0.3, 0.4) is 0 Å². The smallest absolute Gasteiger partial charge is 0.295 e. The number of thiazole rings is 1. The van der Waals surface area contributed by atoms with Gasteiger partial charge < -0.3 is 0 Å². The van der Waals surface area contributed by atoms with E-state index in [2.05, 4.69) is 15.1 Å². The quantitative estimate of drug-likeness (QED) is 0.774. The summed E-state index contributed by atoms with van der Waals surface area (Å²) in [7, 11) is 0. The Morgan fingerprint density at radius 1 is 1.36 bits per heavy atom. The van der Waals surface area contributed by atoms with Crippen LogP contribution in [0, 0.1) is 0 Å². The summed E-state index contributed by atoms with van der Waals surface area (Å²) in [6, 6.07) is 3.31. The molecular formula is C12H6ClF3N4OS. The summed E-state index contributed by atoms with van der Waals surface area (Å²) in [5.74, 6) is 0. The van der Waals surface area contributed by atoms with E-state index in [9.17, 15) is 18.0 Å². The summed E-state index contributed by atoms with van der Waals surface area (Å²) in [4.78, 5) is 19.6. The topological polar surface area (TPSA) is 63.6 Å². The molecule has 0 amide bonds. The molecule has 5 nitrogen and oxygen atoms in total. The van der Waals surface area contributed by atoms with E-state index in [0.717, 1.165) is 4.68 Å². The highest BCUT2D eigenvalue weighted by Crippen LogP contribution is 2.38. The molecule has 0 fully saturated rings. The van der Waals surface area contributed by atoms with Crippen LogP contribution in [0.2, 0.25) is 4.34 Å². The predicted octanol–water partition coefficient (Wildman–Crippen LogP) is 3.36. The van der Waals surface area contributed by atoms with Gasteiger partial charge >= 0.3 is 6.18 Å². The molecule has 0 aliphatic carbocycles. The zero-order valence-electron chi connectivity index (χ0n) is 10.6. The van der Waals surface area contributed by atoms with Crippen molar-refractivity contribution < 1.29 is 13.2 Å². The Balaban J connectivity index is 2.08. The van der Waals surface area contributed by atoms with E-state index < -0.39 is 21.8 Å². The zero-order chi connectivity index (χ0) is 15.9. The second-order valence-electron chi connectivity index (χ2n) is 4.19. The summed E-state index contributed by atoms with van der Waals surface area (Å²) in [6.45, 7) is 0. The maximum atomic E-state index is 12.7. The van der Waals surface area contributed by atoms with Crippen molar-refractivity contribution in [2.45, 2.75) is 6.18 Å². The maximum absolute atomic E-state index is 12.7. The molecule has 1 N–H and O–H groups in total. The standard InChI is InChI=1S/C12H6ClF3N4OS/c13-9-8(12(14,15)16)19-11(22-9)20-10(21)7(5-18-20)6-2-1-3-17-4-6/h1-5,18H. The minimum atomic E-state index is -4.67. The average molecular weight is 347 g/mol. The first-order chi connectivity index (χ1) is 10.4. The molecule has 0 radical (unpaired) electrons. The van der Waals surface area contributed by atoms with Gasteiger partial charge in [-0.2, -0.15) is 17.9 Å². The number of hydrogen-bond donors (Lipinski definition) is 1. The lowest BCUT2D eigenvalue weighted by atomic mass is 10.2. The maximum Gasteiger partial charge on any atom is 0.435 e. The van der Waals surface area contributed by atoms with Crippen molar-refractivity contribution in [1.82, 2.24) is 19.7 Å². The van der Waals surface area contributed by atoms with Crippen LogP contribution in [0.5, 0.6) is 0 Å². The van der Waals surface area contributed by atoms with Crippen LogP contribution in [-0.4, -0.2) is 19.7 Å². The Kier molecular flexibility index (Phi) is 3.53. The van der Waals surface area contributed by atoms with Crippen molar-refractivity contribution in [2.75, 3.05) is 0 Å². The largest absolute Gasteiger partial charge is 0.435 e. The summed E-state index contributed by atoms with van der Waals surface area (Å²) in [5, 5.41) is 2.40. The predicted molar refractivity (Wildman–Crippen MR) is 75.3 cm³/mol. The van der Waals surface area contributed by atoms with Crippen molar-refractivity contribution in [3.05, 3.63) is 51.1 Å². The van der Waals surface area contributed by atoms with E-state index in [-0.39, 0.29) is 10.7 Å². The Morgan fingerprint density at radius 2 is 2.14 bits per heavy atom. The van der Waals surface area contributed by atoms with Gasteiger partial charge in [-0.05, 0) is 6.07 Å². The fourth-order valence-electron chi connectivity index (χ4n) is 1.80. The molecule has 10 heteroatoms. The van der Waals surface area contributed by atoms with E-state index in [1.165, 1.54) is 12.4 Å². The van der Waals surface area contributed by atoms with Crippen molar-refractivity contribution in [3.8, 4) is 16.3 Å². The minimum Gasteiger partial charge on any atom is -0.295 e. The van der Waals surface area contributed by atoms with Gasteiger partial charge in [-0.1, -0.05) is 29.0 Å². The van der Waals surface area contributed by atoms with E-state index in [0.29, 0.717) is 16.9 Å². The Hall–Kier alpha value is -2.13. The number of aromatic nitrogens is 4. The second-order valence-corrected chi connectivity index (χ2v) is 5.77. The number of rotatable bonds is 2. The fourth-order valence-corrected chi connectivity index (χ4v) is 2.94. The first kappa shape index (κ1) is 14.8. The van der Waals surface area contributed by atoms with Gasteiger partial charge in [0.05, 0.1) is 5.56 Å². The molecule has 0 spiro atoms. The monoisotopic (exact) mass is 346 g/mol. The molecule has 114 valence electrons. The molecular weight excluding hydrogens is 341 g/mol. The van der Waals surface area contributed by atoms with Crippen molar-refractivity contribution >= 4 is 22.9 Å². The lowest BCUT2D eigenvalue weighted by molar-refractivity contribution is -0.140. The lowest BCUT2D eigenvalue weighted by Gasteiger charge is -2.01. The number of nitrogens with zero attached hydrogens (tertiary/aromatic N) is 3. The molecule has 0 aliphatic heterocycles. The molecule has 3 heterocycles. The minimum absolute atomic E-state index is 0.183. The van der Waals surface area contributed by atoms with Gasteiger partial charge in [-0.25, -0.2) is 4.98 Å². The van der Waals surface area contributed by atoms with Crippen LogP contribution >= 0.6 is 22.9 Å². The molecule has 0 saturated heterocycles. The first-order valence-electron chi connectivity index (χ1n) is 5.82. The van der Waals surface area contributed by atoms with E-state index in [1.807, 2.05) is 0 Å². The number of pyridine rings is 1. The molecule has 0 saturated carbocycles. The summed E-state index contributed by atoms with van der Waals surface area (Å²) < 4.78 is 38.5. The molecule has 22 heavy (non-hydrogen) atoms. The number of aromatic amines is 1. The van der Waals surface area contributed by atoms with Gasteiger partial charge in [0.1, 0.15) is 4.34 Å². The van der Waals surface area contributed by atoms with Gasteiger partial charge in [0.2, 0.25) is 5.13 Å². The third-order valence-electron chi connectivity index (χ3n) is 2.78. The number of nitrogens with one attached hydrogen (secondary N) is 1. The summed E-state index contributed by atoms with van der Waals surface area (Å²) in [5.41, 5.74) is -0.931. The average Bonchev–Trinajstić information content (AvgIpc) is 3.02. The van der Waals surface area contributed by atoms with Gasteiger partial charge in [0.15, 0.2) is 5.69 Å². The van der Waals surface area contributed by atoms with Crippen LogP contribution < -0.4 is 5.56 Å².